The van der Waals surface area contributed by atoms with Crippen molar-refractivity contribution in [1.29, 1.82) is 0 Å². The van der Waals surface area contributed by atoms with Gasteiger partial charge in [-0.1, -0.05) is 42.5 Å². The van der Waals surface area contributed by atoms with Crippen LogP contribution in [0.1, 0.15) is 17.5 Å². The first-order valence-corrected chi connectivity index (χ1v) is 5.57. The van der Waals surface area contributed by atoms with Gasteiger partial charge in [-0.3, -0.25) is 0 Å². The highest BCUT2D eigenvalue weighted by Gasteiger charge is 1.96. The number of anilines is 1. The highest BCUT2D eigenvalue weighted by molar-refractivity contribution is 5.42. The summed E-state index contributed by atoms with van der Waals surface area (Å²) in [5.74, 6) is 0. The normalized spacial score (nSPS) is 10.2. The van der Waals surface area contributed by atoms with Gasteiger partial charge >= 0.3 is 0 Å². The third-order valence-electron chi connectivity index (χ3n) is 2.57. The monoisotopic (exact) mass is 210 g/mol. The number of hydrogen-bond donors (Lipinski definition) is 1. The number of nitrogens with two attached hydrogens (primary N) is 1. The lowest BCUT2D eigenvalue weighted by molar-refractivity contribution is 0.951. The van der Waals surface area contributed by atoms with Crippen molar-refractivity contribution in [3.05, 3.63) is 72.1 Å². The van der Waals surface area contributed by atoms with Crippen molar-refractivity contribution >= 4 is 5.69 Å². The van der Waals surface area contributed by atoms with E-state index in [1.807, 2.05) is 24.3 Å². The molecule has 0 amide bonds. The lowest BCUT2D eigenvalue weighted by atomic mass is 10.0. The van der Waals surface area contributed by atoms with Gasteiger partial charge in [0.1, 0.15) is 0 Å². The van der Waals surface area contributed by atoms with E-state index in [1.54, 1.807) is 0 Å². The molecule has 2 rings (SSSR count). The van der Waals surface area contributed by atoms with Crippen LogP contribution in [0.4, 0.5) is 5.69 Å². The van der Waals surface area contributed by atoms with Crippen molar-refractivity contribution in [3.8, 4) is 0 Å². The highest BCUT2D eigenvalue weighted by Crippen LogP contribution is 2.12. The minimum atomic E-state index is 0.827. The van der Waals surface area contributed by atoms with Crippen molar-refractivity contribution in [2.45, 2.75) is 12.8 Å². The van der Waals surface area contributed by atoms with Gasteiger partial charge in [-0.25, -0.2) is 0 Å². The third kappa shape index (κ3) is 3.13. The van der Waals surface area contributed by atoms with Gasteiger partial charge in [0.2, 0.25) is 0 Å². The van der Waals surface area contributed by atoms with Gasteiger partial charge in [-0.2, -0.15) is 0 Å². The van der Waals surface area contributed by atoms with Gasteiger partial charge in [0.15, 0.2) is 0 Å². The molecular weight excluding hydrogens is 194 g/mol. The lowest BCUT2D eigenvalue weighted by Crippen LogP contribution is -1.90. The molecule has 2 aromatic carbocycles. The third-order valence-corrected chi connectivity index (χ3v) is 2.57. The lowest BCUT2D eigenvalue weighted by Gasteiger charge is -2.02. The zero-order chi connectivity index (χ0) is 11.2. The molecule has 16 heavy (non-hydrogen) atoms. The number of rotatable bonds is 4. The maximum absolute atomic E-state index is 5.72. The first-order chi connectivity index (χ1) is 7.84. The smallest absolute Gasteiger partial charge is 0.0316 e. The second-order valence-corrected chi connectivity index (χ2v) is 3.90. The average Bonchev–Trinajstić information content (AvgIpc) is 2.30. The predicted molar refractivity (Wildman–Crippen MR) is 69.0 cm³/mol. The molecular formula is C15H16N. The summed E-state index contributed by atoms with van der Waals surface area (Å²) in [6, 6.07) is 18.5. The molecule has 0 unspecified atom stereocenters. The first kappa shape index (κ1) is 10.7. The molecule has 0 aliphatic heterocycles. The quantitative estimate of drug-likeness (QED) is 0.768. The number of aryl methyl sites for hydroxylation is 1. The van der Waals surface area contributed by atoms with Gasteiger partial charge in [0.05, 0.1) is 0 Å². The van der Waals surface area contributed by atoms with E-state index >= 15 is 0 Å². The Kier molecular flexibility index (Phi) is 3.60. The molecule has 0 saturated heterocycles. The standard InChI is InChI=1S/C15H16N/c16-15-11-5-10-14(12-15)9-4-8-13-6-2-1-3-7-13/h1-3,5-7,9-12H,4,8,16H2. The Morgan fingerprint density at radius 3 is 2.50 bits per heavy atom. The second-order valence-electron chi connectivity index (χ2n) is 3.90. The van der Waals surface area contributed by atoms with E-state index in [-0.39, 0.29) is 0 Å². The minimum absolute atomic E-state index is 0.827. The Labute approximate surface area is 96.9 Å². The van der Waals surface area contributed by atoms with Crippen LogP contribution in [0.3, 0.4) is 0 Å². The van der Waals surface area contributed by atoms with Gasteiger partial charge in [-0.15, -0.1) is 0 Å². The molecule has 1 nitrogen and oxygen atoms in total. The number of hydrogen-bond acceptors (Lipinski definition) is 1. The van der Waals surface area contributed by atoms with E-state index in [0.717, 1.165) is 18.5 Å². The molecule has 81 valence electrons. The molecule has 0 saturated carbocycles. The predicted octanol–water partition coefficient (Wildman–Crippen LogP) is 3.45. The fourth-order valence-corrected chi connectivity index (χ4v) is 1.74. The van der Waals surface area contributed by atoms with Crippen LogP contribution in [0.25, 0.3) is 0 Å². The second kappa shape index (κ2) is 5.36. The van der Waals surface area contributed by atoms with Crippen LogP contribution in [-0.4, -0.2) is 0 Å². The van der Waals surface area contributed by atoms with Gasteiger partial charge in [0.25, 0.3) is 0 Å². The number of nitrogen functional groups attached to an aromatic ring is 1. The summed E-state index contributed by atoms with van der Waals surface area (Å²) in [5, 5.41) is 0. The van der Waals surface area contributed by atoms with Crippen molar-refractivity contribution in [3.63, 3.8) is 0 Å². The highest BCUT2D eigenvalue weighted by atomic mass is 14.5. The van der Waals surface area contributed by atoms with Crippen molar-refractivity contribution in [2.24, 2.45) is 0 Å². The summed E-state index contributed by atoms with van der Waals surface area (Å²) in [5.41, 5.74) is 9.13. The molecule has 0 aliphatic rings. The summed E-state index contributed by atoms with van der Waals surface area (Å²) >= 11 is 0. The van der Waals surface area contributed by atoms with Crippen LogP contribution in [-0.2, 0) is 6.42 Å². The number of benzene rings is 2. The van der Waals surface area contributed by atoms with Crippen molar-refractivity contribution in [2.75, 3.05) is 5.73 Å². The maximum Gasteiger partial charge on any atom is 0.0316 e. The van der Waals surface area contributed by atoms with Gasteiger partial charge in [0, 0.05) is 5.69 Å². The Hall–Kier alpha value is -1.76. The molecule has 0 spiro atoms. The Morgan fingerprint density at radius 1 is 0.938 bits per heavy atom. The van der Waals surface area contributed by atoms with Gasteiger partial charge in [-0.05, 0) is 42.5 Å². The molecule has 1 heteroatoms. The topological polar surface area (TPSA) is 26.0 Å². The van der Waals surface area contributed by atoms with Crippen molar-refractivity contribution in [1.82, 2.24) is 0 Å². The van der Waals surface area contributed by atoms with E-state index < -0.39 is 0 Å². The van der Waals surface area contributed by atoms with E-state index in [1.165, 1.54) is 11.1 Å². The first-order valence-electron chi connectivity index (χ1n) is 5.57. The Balaban J connectivity index is 1.85. The van der Waals surface area contributed by atoms with E-state index in [2.05, 4.69) is 36.8 Å². The van der Waals surface area contributed by atoms with Crippen molar-refractivity contribution < 1.29 is 0 Å². The average molecular weight is 210 g/mol. The van der Waals surface area contributed by atoms with Crippen LogP contribution in [0.5, 0.6) is 0 Å². The van der Waals surface area contributed by atoms with Crippen LogP contribution in [0.15, 0.2) is 54.6 Å². The SMILES string of the molecule is Nc1cccc([CH]CCc2ccccc2)c1. The zero-order valence-corrected chi connectivity index (χ0v) is 9.27. The van der Waals surface area contributed by atoms with Gasteiger partial charge < -0.3 is 5.73 Å². The van der Waals surface area contributed by atoms with E-state index in [0.29, 0.717) is 0 Å². The molecule has 0 bridgehead atoms. The van der Waals surface area contributed by atoms with E-state index in [9.17, 15) is 0 Å². The van der Waals surface area contributed by atoms with Crippen LogP contribution < -0.4 is 5.73 Å². The summed E-state index contributed by atoms with van der Waals surface area (Å²) in [7, 11) is 0. The Morgan fingerprint density at radius 2 is 1.75 bits per heavy atom. The summed E-state index contributed by atoms with van der Waals surface area (Å²) in [4.78, 5) is 0. The van der Waals surface area contributed by atoms with Crippen LogP contribution >= 0.6 is 0 Å². The fourth-order valence-electron chi connectivity index (χ4n) is 1.74. The molecule has 0 atom stereocenters. The Bertz CT molecular complexity index is 434. The maximum atomic E-state index is 5.72. The summed E-state index contributed by atoms with van der Waals surface area (Å²) in [6.07, 6.45) is 4.35. The molecule has 0 fully saturated rings. The molecule has 0 heterocycles. The summed E-state index contributed by atoms with van der Waals surface area (Å²) < 4.78 is 0. The largest absolute Gasteiger partial charge is 0.399 e. The molecule has 0 aromatic heterocycles. The minimum Gasteiger partial charge on any atom is -0.399 e. The molecule has 2 aromatic rings. The summed E-state index contributed by atoms with van der Waals surface area (Å²) in [6.45, 7) is 0. The molecule has 1 radical (unpaired) electrons. The van der Waals surface area contributed by atoms with Crippen LogP contribution in [0, 0.1) is 6.42 Å². The molecule has 0 aliphatic carbocycles. The van der Waals surface area contributed by atoms with E-state index in [4.69, 9.17) is 5.73 Å². The molecule has 2 N–H and O–H groups in total. The van der Waals surface area contributed by atoms with Crippen LogP contribution in [0.2, 0.25) is 0 Å². The zero-order valence-electron chi connectivity index (χ0n) is 9.27. The fraction of sp³-hybridized carbons (Fsp3) is 0.133.